The lowest BCUT2D eigenvalue weighted by atomic mass is 9.91. The summed E-state index contributed by atoms with van der Waals surface area (Å²) in [4.78, 5) is 0. The highest BCUT2D eigenvalue weighted by molar-refractivity contribution is 6.18. The van der Waals surface area contributed by atoms with Gasteiger partial charge in [0.05, 0.1) is 0 Å². The topological polar surface area (TPSA) is 0 Å². The van der Waals surface area contributed by atoms with Crippen molar-refractivity contribution in [2.45, 2.75) is 26.2 Å². The first-order valence-electron chi connectivity index (χ1n) is 5.09. The maximum absolute atomic E-state index is 5.73. The minimum atomic E-state index is 0.486. The largest absolute Gasteiger partial charge is 0.122 e. The minimum absolute atomic E-state index is 0.486. The molecule has 0 bridgehead atoms. The summed E-state index contributed by atoms with van der Waals surface area (Å²) in [5.74, 6) is 1.10. The Morgan fingerprint density at radius 1 is 1.36 bits per heavy atom. The van der Waals surface area contributed by atoms with Crippen LogP contribution in [0.5, 0.6) is 0 Å². The van der Waals surface area contributed by atoms with Gasteiger partial charge in [-0.15, -0.1) is 11.6 Å². The second kappa shape index (κ2) is 5.87. The summed E-state index contributed by atoms with van der Waals surface area (Å²) in [6.07, 6.45) is 3.20. The highest BCUT2D eigenvalue weighted by Crippen LogP contribution is 2.25. The van der Waals surface area contributed by atoms with E-state index < -0.39 is 0 Å². The normalized spacial score (nSPS) is 14.1. The maximum atomic E-state index is 5.73. The van der Waals surface area contributed by atoms with Crippen molar-refractivity contribution in [1.29, 1.82) is 0 Å². The predicted molar refractivity (Wildman–Crippen MR) is 64.0 cm³/mol. The molecule has 0 nitrogen and oxygen atoms in total. The highest BCUT2D eigenvalue weighted by Gasteiger charge is 2.08. The molecule has 0 amide bonds. The van der Waals surface area contributed by atoms with E-state index in [9.17, 15) is 0 Å². The van der Waals surface area contributed by atoms with Gasteiger partial charge in [-0.2, -0.15) is 0 Å². The molecule has 0 radical (unpaired) electrons. The molecule has 0 aliphatic heterocycles. The first-order valence-corrected chi connectivity index (χ1v) is 5.62. The molecule has 1 heteroatoms. The summed E-state index contributed by atoms with van der Waals surface area (Å²) in [5.41, 5.74) is 2.79. The molecule has 0 heterocycles. The molecule has 1 aromatic rings. The van der Waals surface area contributed by atoms with Crippen LogP contribution < -0.4 is 0 Å². The van der Waals surface area contributed by atoms with E-state index in [1.54, 1.807) is 0 Å². The first-order chi connectivity index (χ1) is 6.79. The Labute approximate surface area is 91.6 Å². The van der Waals surface area contributed by atoms with E-state index in [0.29, 0.717) is 11.8 Å². The number of rotatable bonds is 4. The van der Waals surface area contributed by atoms with Gasteiger partial charge in [-0.3, -0.25) is 0 Å². The number of allylic oxidation sites excluding steroid dienone is 2. The van der Waals surface area contributed by atoms with Gasteiger partial charge in [-0.1, -0.05) is 55.8 Å². The molecule has 0 saturated carbocycles. The number of hydrogen-bond donors (Lipinski definition) is 0. The zero-order chi connectivity index (χ0) is 10.4. The fourth-order valence-corrected chi connectivity index (χ4v) is 1.88. The standard InChI is InChI=1S/C13H17Cl/c1-3-12(9-10-14)11(2)13-7-5-4-6-8-13/h4-9,11H,3,10H2,1-2H3/b12-9+. The van der Waals surface area contributed by atoms with Gasteiger partial charge in [0.2, 0.25) is 0 Å². The molecular formula is C13H17Cl. The smallest absolute Gasteiger partial charge is 0.0406 e. The van der Waals surface area contributed by atoms with Crippen LogP contribution in [0, 0.1) is 0 Å². The molecule has 1 aromatic carbocycles. The average molecular weight is 209 g/mol. The van der Waals surface area contributed by atoms with Crippen molar-refractivity contribution in [2.24, 2.45) is 0 Å². The van der Waals surface area contributed by atoms with Crippen LogP contribution >= 0.6 is 11.6 Å². The van der Waals surface area contributed by atoms with E-state index in [4.69, 9.17) is 11.6 Å². The third-order valence-electron chi connectivity index (χ3n) is 2.60. The SMILES string of the molecule is CC/C(=C\CCl)C(C)c1ccccc1. The number of alkyl halides is 1. The van der Waals surface area contributed by atoms with Crippen molar-refractivity contribution in [3.63, 3.8) is 0 Å². The highest BCUT2D eigenvalue weighted by atomic mass is 35.5. The molecule has 0 aliphatic rings. The third kappa shape index (κ3) is 2.88. The molecule has 1 unspecified atom stereocenters. The van der Waals surface area contributed by atoms with Gasteiger partial charge in [0.15, 0.2) is 0 Å². The summed E-state index contributed by atoms with van der Waals surface area (Å²) >= 11 is 5.73. The van der Waals surface area contributed by atoms with Gasteiger partial charge in [0, 0.05) is 11.8 Å². The monoisotopic (exact) mass is 208 g/mol. The van der Waals surface area contributed by atoms with Crippen molar-refractivity contribution in [2.75, 3.05) is 5.88 Å². The van der Waals surface area contributed by atoms with Gasteiger partial charge >= 0.3 is 0 Å². The summed E-state index contributed by atoms with van der Waals surface area (Å²) < 4.78 is 0. The zero-order valence-electron chi connectivity index (χ0n) is 8.83. The van der Waals surface area contributed by atoms with Crippen molar-refractivity contribution < 1.29 is 0 Å². The van der Waals surface area contributed by atoms with Crippen molar-refractivity contribution >= 4 is 11.6 Å². The van der Waals surface area contributed by atoms with Crippen LogP contribution in [0.3, 0.4) is 0 Å². The molecule has 0 spiro atoms. The average Bonchev–Trinajstić information content (AvgIpc) is 2.26. The molecule has 0 N–H and O–H groups in total. The van der Waals surface area contributed by atoms with E-state index >= 15 is 0 Å². The van der Waals surface area contributed by atoms with E-state index in [-0.39, 0.29) is 0 Å². The van der Waals surface area contributed by atoms with Gasteiger partial charge in [-0.25, -0.2) is 0 Å². The van der Waals surface area contributed by atoms with Gasteiger partial charge in [0.1, 0.15) is 0 Å². The predicted octanol–water partition coefficient (Wildman–Crippen LogP) is 4.37. The van der Waals surface area contributed by atoms with Crippen LogP contribution in [0.1, 0.15) is 31.7 Å². The van der Waals surface area contributed by atoms with E-state index in [0.717, 1.165) is 6.42 Å². The van der Waals surface area contributed by atoms with Crippen LogP contribution in [-0.2, 0) is 0 Å². The fraction of sp³-hybridized carbons (Fsp3) is 0.385. The Morgan fingerprint density at radius 3 is 2.50 bits per heavy atom. The van der Waals surface area contributed by atoms with E-state index in [2.05, 4.69) is 44.2 Å². The molecule has 0 saturated heterocycles. The van der Waals surface area contributed by atoms with Crippen LogP contribution in [-0.4, -0.2) is 5.88 Å². The number of halogens is 1. The van der Waals surface area contributed by atoms with E-state index in [1.165, 1.54) is 11.1 Å². The first kappa shape index (κ1) is 11.3. The molecule has 0 aromatic heterocycles. The number of benzene rings is 1. The Kier molecular flexibility index (Phi) is 4.75. The lowest BCUT2D eigenvalue weighted by Crippen LogP contribution is -1.97. The van der Waals surface area contributed by atoms with Crippen molar-refractivity contribution in [1.82, 2.24) is 0 Å². The van der Waals surface area contributed by atoms with E-state index in [1.807, 2.05) is 6.07 Å². The summed E-state index contributed by atoms with van der Waals surface area (Å²) in [6, 6.07) is 10.6. The second-order valence-corrected chi connectivity index (χ2v) is 3.73. The van der Waals surface area contributed by atoms with Crippen molar-refractivity contribution in [3.8, 4) is 0 Å². The Balaban J connectivity index is 2.83. The van der Waals surface area contributed by atoms with Crippen LogP contribution in [0.15, 0.2) is 42.0 Å². The Hall–Kier alpha value is -0.750. The molecular weight excluding hydrogens is 192 g/mol. The molecule has 1 rings (SSSR count). The number of hydrogen-bond acceptors (Lipinski definition) is 0. The lowest BCUT2D eigenvalue weighted by molar-refractivity contribution is 0.835. The third-order valence-corrected chi connectivity index (χ3v) is 2.76. The van der Waals surface area contributed by atoms with Gasteiger partial charge in [0.25, 0.3) is 0 Å². The summed E-state index contributed by atoms with van der Waals surface area (Å²) in [7, 11) is 0. The summed E-state index contributed by atoms with van der Waals surface area (Å²) in [6.45, 7) is 4.41. The fourth-order valence-electron chi connectivity index (χ4n) is 1.68. The molecule has 0 aliphatic carbocycles. The van der Waals surface area contributed by atoms with Crippen LogP contribution in [0.2, 0.25) is 0 Å². The van der Waals surface area contributed by atoms with Crippen LogP contribution in [0.25, 0.3) is 0 Å². The summed E-state index contributed by atoms with van der Waals surface area (Å²) in [5, 5.41) is 0. The molecule has 14 heavy (non-hydrogen) atoms. The lowest BCUT2D eigenvalue weighted by Gasteiger charge is -2.14. The minimum Gasteiger partial charge on any atom is -0.122 e. The maximum Gasteiger partial charge on any atom is 0.0406 e. The van der Waals surface area contributed by atoms with Gasteiger partial charge < -0.3 is 0 Å². The van der Waals surface area contributed by atoms with Crippen LogP contribution in [0.4, 0.5) is 0 Å². The molecule has 1 atom stereocenters. The molecule has 76 valence electrons. The van der Waals surface area contributed by atoms with Gasteiger partial charge in [-0.05, 0) is 12.0 Å². The molecule has 0 fully saturated rings. The van der Waals surface area contributed by atoms with Crippen molar-refractivity contribution in [3.05, 3.63) is 47.5 Å². The Morgan fingerprint density at radius 2 is 2.00 bits per heavy atom. The Bertz CT molecular complexity index is 287. The second-order valence-electron chi connectivity index (χ2n) is 3.42. The quantitative estimate of drug-likeness (QED) is 0.509. The zero-order valence-corrected chi connectivity index (χ0v) is 9.59.